The summed E-state index contributed by atoms with van der Waals surface area (Å²) in [6.45, 7) is 5.20. The van der Waals surface area contributed by atoms with Gasteiger partial charge in [-0.25, -0.2) is 0 Å². The van der Waals surface area contributed by atoms with Gasteiger partial charge in [0.2, 0.25) is 0 Å². The van der Waals surface area contributed by atoms with Crippen LogP contribution in [-0.2, 0) is 9.47 Å². The molecule has 0 N–H and O–H groups in total. The Balaban J connectivity index is 1.73. The molecule has 2 rings (SSSR count). The smallest absolute Gasteiger partial charge is 0.0825 e. The average Bonchev–Trinajstić information content (AvgIpc) is 2.17. The third-order valence-electron chi connectivity index (χ3n) is 3.73. The molecule has 2 atom stereocenters. The molecule has 1 heterocycles. The molecule has 0 radical (unpaired) electrons. The number of rotatable bonds is 4. The number of methoxy groups -OCH3 is 1. The van der Waals surface area contributed by atoms with Gasteiger partial charge in [-0.1, -0.05) is 0 Å². The molecule has 0 aromatic heterocycles. The number of hydrogen-bond donors (Lipinski definition) is 0. The molecule has 88 valence electrons. The van der Waals surface area contributed by atoms with Crippen LogP contribution in [0.1, 0.15) is 32.6 Å². The molecule has 1 saturated heterocycles. The van der Waals surface area contributed by atoms with Crippen molar-refractivity contribution in [3.8, 4) is 0 Å². The van der Waals surface area contributed by atoms with E-state index in [4.69, 9.17) is 9.47 Å². The van der Waals surface area contributed by atoms with Gasteiger partial charge in [-0.05, 0) is 32.6 Å². The first-order chi connectivity index (χ1) is 7.33. The molecule has 1 aliphatic carbocycles. The molecule has 0 spiro atoms. The summed E-state index contributed by atoms with van der Waals surface area (Å²) in [7, 11) is 1.81. The van der Waals surface area contributed by atoms with Crippen molar-refractivity contribution in [3.63, 3.8) is 0 Å². The topological polar surface area (TPSA) is 21.7 Å². The lowest BCUT2D eigenvalue weighted by atomic mass is 9.89. The van der Waals surface area contributed by atoms with E-state index in [1.54, 1.807) is 0 Å². The maximum atomic E-state index is 5.73. The third-order valence-corrected chi connectivity index (χ3v) is 3.73. The minimum atomic E-state index is 0.484. The van der Waals surface area contributed by atoms with Gasteiger partial charge in [0.25, 0.3) is 0 Å². The van der Waals surface area contributed by atoms with Crippen molar-refractivity contribution in [1.82, 2.24) is 4.90 Å². The van der Waals surface area contributed by atoms with E-state index in [1.165, 1.54) is 25.7 Å². The molecule has 0 bridgehead atoms. The van der Waals surface area contributed by atoms with Crippen LogP contribution in [0.2, 0.25) is 0 Å². The van der Waals surface area contributed by atoms with Crippen LogP contribution in [0.25, 0.3) is 0 Å². The van der Waals surface area contributed by atoms with E-state index in [9.17, 15) is 0 Å². The molecule has 3 nitrogen and oxygen atoms in total. The molecule has 2 unspecified atom stereocenters. The summed E-state index contributed by atoms with van der Waals surface area (Å²) >= 11 is 0. The lowest BCUT2D eigenvalue weighted by Gasteiger charge is -2.46. The SMILES string of the molecule is CCOC1CCCC(N2CC(OC)C2)C1. The lowest BCUT2D eigenvalue weighted by molar-refractivity contribution is -0.0751. The van der Waals surface area contributed by atoms with Crippen molar-refractivity contribution in [2.45, 2.75) is 50.9 Å². The first-order valence-corrected chi connectivity index (χ1v) is 6.22. The summed E-state index contributed by atoms with van der Waals surface area (Å²) in [5.74, 6) is 0. The van der Waals surface area contributed by atoms with Gasteiger partial charge in [0.1, 0.15) is 0 Å². The first-order valence-electron chi connectivity index (χ1n) is 6.22. The summed E-state index contributed by atoms with van der Waals surface area (Å²) in [6, 6.07) is 0.752. The van der Waals surface area contributed by atoms with Crippen molar-refractivity contribution in [1.29, 1.82) is 0 Å². The number of likely N-dealkylation sites (tertiary alicyclic amines) is 1. The van der Waals surface area contributed by atoms with Gasteiger partial charge in [0.05, 0.1) is 12.2 Å². The van der Waals surface area contributed by atoms with E-state index < -0.39 is 0 Å². The van der Waals surface area contributed by atoms with Gasteiger partial charge in [-0.15, -0.1) is 0 Å². The Morgan fingerprint density at radius 1 is 1.20 bits per heavy atom. The highest BCUT2D eigenvalue weighted by atomic mass is 16.5. The Labute approximate surface area is 92.7 Å². The lowest BCUT2D eigenvalue weighted by Crippen LogP contribution is -2.57. The standard InChI is InChI=1S/C12H23NO2/c1-3-15-11-6-4-5-10(7-11)13-8-12(9-13)14-2/h10-12H,3-9H2,1-2H3. The van der Waals surface area contributed by atoms with Gasteiger partial charge in [0.15, 0.2) is 0 Å². The summed E-state index contributed by atoms with van der Waals surface area (Å²) in [5.41, 5.74) is 0. The fraction of sp³-hybridized carbons (Fsp3) is 1.00. The second-order valence-electron chi connectivity index (χ2n) is 4.71. The molecule has 3 heteroatoms. The van der Waals surface area contributed by atoms with E-state index in [2.05, 4.69) is 11.8 Å². The van der Waals surface area contributed by atoms with Crippen LogP contribution in [0.3, 0.4) is 0 Å². The van der Waals surface area contributed by atoms with Gasteiger partial charge < -0.3 is 9.47 Å². The van der Waals surface area contributed by atoms with Crippen molar-refractivity contribution < 1.29 is 9.47 Å². The normalized spacial score (nSPS) is 34.0. The van der Waals surface area contributed by atoms with Gasteiger partial charge >= 0.3 is 0 Å². The minimum absolute atomic E-state index is 0.484. The maximum absolute atomic E-state index is 5.73. The Morgan fingerprint density at radius 2 is 2.00 bits per heavy atom. The van der Waals surface area contributed by atoms with E-state index in [0.717, 1.165) is 25.7 Å². The molecule has 0 amide bonds. The minimum Gasteiger partial charge on any atom is -0.379 e. The summed E-state index contributed by atoms with van der Waals surface area (Å²) < 4.78 is 11.0. The summed E-state index contributed by atoms with van der Waals surface area (Å²) in [6.07, 6.45) is 6.15. The zero-order chi connectivity index (χ0) is 10.7. The number of nitrogens with zero attached hydrogens (tertiary/aromatic N) is 1. The Bertz CT molecular complexity index is 190. The second-order valence-corrected chi connectivity index (χ2v) is 4.71. The summed E-state index contributed by atoms with van der Waals surface area (Å²) in [5, 5.41) is 0. The zero-order valence-electron chi connectivity index (χ0n) is 9.95. The van der Waals surface area contributed by atoms with E-state index in [0.29, 0.717) is 12.2 Å². The molecular formula is C12H23NO2. The van der Waals surface area contributed by atoms with Crippen LogP contribution < -0.4 is 0 Å². The van der Waals surface area contributed by atoms with Crippen LogP contribution in [0.4, 0.5) is 0 Å². The average molecular weight is 213 g/mol. The van der Waals surface area contributed by atoms with Crippen LogP contribution in [0.5, 0.6) is 0 Å². The van der Waals surface area contributed by atoms with Gasteiger partial charge in [-0.3, -0.25) is 4.90 Å². The number of hydrogen-bond acceptors (Lipinski definition) is 3. The molecule has 1 saturated carbocycles. The quantitative estimate of drug-likeness (QED) is 0.709. The van der Waals surface area contributed by atoms with Crippen LogP contribution in [0, 0.1) is 0 Å². The highest BCUT2D eigenvalue weighted by molar-refractivity contribution is 4.89. The fourth-order valence-electron chi connectivity index (χ4n) is 2.76. The third kappa shape index (κ3) is 2.71. The molecule has 0 aromatic rings. The molecule has 1 aliphatic heterocycles. The first kappa shape index (κ1) is 11.4. The van der Waals surface area contributed by atoms with Crippen molar-refractivity contribution in [2.75, 3.05) is 26.8 Å². The molecule has 0 aromatic carbocycles. The highest BCUT2D eigenvalue weighted by Gasteiger charge is 2.35. The molecule has 15 heavy (non-hydrogen) atoms. The zero-order valence-corrected chi connectivity index (χ0v) is 9.95. The van der Waals surface area contributed by atoms with Crippen molar-refractivity contribution in [2.24, 2.45) is 0 Å². The highest BCUT2D eigenvalue weighted by Crippen LogP contribution is 2.28. The maximum Gasteiger partial charge on any atom is 0.0825 e. The predicted octanol–water partition coefficient (Wildman–Crippen LogP) is 1.66. The van der Waals surface area contributed by atoms with Crippen LogP contribution >= 0.6 is 0 Å². The number of ether oxygens (including phenoxy) is 2. The Morgan fingerprint density at radius 3 is 2.67 bits per heavy atom. The van der Waals surface area contributed by atoms with Gasteiger partial charge in [-0.2, -0.15) is 0 Å². The molecular weight excluding hydrogens is 190 g/mol. The predicted molar refractivity (Wildman–Crippen MR) is 60.0 cm³/mol. The van der Waals surface area contributed by atoms with Gasteiger partial charge in [0, 0.05) is 32.8 Å². The molecule has 2 fully saturated rings. The van der Waals surface area contributed by atoms with E-state index in [1.807, 2.05) is 7.11 Å². The second kappa shape index (κ2) is 5.28. The largest absolute Gasteiger partial charge is 0.379 e. The Kier molecular flexibility index (Phi) is 4.00. The van der Waals surface area contributed by atoms with E-state index >= 15 is 0 Å². The van der Waals surface area contributed by atoms with Crippen molar-refractivity contribution in [3.05, 3.63) is 0 Å². The molecule has 2 aliphatic rings. The van der Waals surface area contributed by atoms with E-state index in [-0.39, 0.29) is 0 Å². The van der Waals surface area contributed by atoms with Crippen molar-refractivity contribution >= 4 is 0 Å². The fourth-order valence-corrected chi connectivity index (χ4v) is 2.76. The Hall–Kier alpha value is -0.120. The summed E-state index contributed by atoms with van der Waals surface area (Å²) in [4.78, 5) is 2.55. The van der Waals surface area contributed by atoms with Crippen LogP contribution in [0.15, 0.2) is 0 Å². The van der Waals surface area contributed by atoms with Crippen LogP contribution in [-0.4, -0.2) is 50.0 Å². The monoisotopic (exact) mass is 213 g/mol.